The molecule has 0 aliphatic carbocycles. The number of benzene rings is 1. The molecule has 0 aromatic heterocycles. The zero-order chi connectivity index (χ0) is 12.0. The summed E-state index contributed by atoms with van der Waals surface area (Å²) in [7, 11) is 0. The lowest BCUT2D eigenvalue weighted by molar-refractivity contribution is -0.136. The van der Waals surface area contributed by atoms with Crippen LogP contribution in [0.3, 0.4) is 0 Å². The molecule has 2 N–H and O–H groups in total. The highest BCUT2D eigenvalue weighted by atomic mass is 16.4. The summed E-state index contributed by atoms with van der Waals surface area (Å²) in [6.07, 6.45) is 1.73. The van der Waals surface area contributed by atoms with Crippen LogP contribution in [0.4, 0.5) is 0 Å². The van der Waals surface area contributed by atoms with Gasteiger partial charge >= 0.3 is 5.97 Å². The first-order valence-corrected chi connectivity index (χ1v) is 5.62. The molecule has 0 saturated carbocycles. The van der Waals surface area contributed by atoms with Crippen LogP contribution in [0.15, 0.2) is 24.3 Å². The Morgan fingerprint density at radius 1 is 1.38 bits per heavy atom. The maximum Gasteiger partial charge on any atom is 0.303 e. The van der Waals surface area contributed by atoms with Gasteiger partial charge in [0, 0.05) is 6.42 Å². The molecular weight excluding hydrogens is 204 g/mol. The molecule has 0 saturated heterocycles. The normalized spacial score (nSPS) is 12.4. The first-order chi connectivity index (χ1) is 7.65. The topological polar surface area (TPSA) is 57.5 Å². The van der Waals surface area contributed by atoms with Gasteiger partial charge in [-0.3, -0.25) is 4.79 Å². The average Bonchev–Trinajstić information content (AvgIpc) is 2.27. The van der Waals surface area contributed by atoms with E-state index in [-0.39, 0.29) is 6.42 Å². The third-order valence-corrected chi connectivity index (χ3v) is 2.58. The molecule has 3 heteroatoms. The second-order valence-electron chi connectivity index (χ2n) is 3.90. The molecular formula is C13H18O3. The molecule has 0 bridgehead atoms. The molecule has 1 aromatic carbocycles. The minimum atomic E-state index is -0.806. The second-order valence-corrected chi connectivity index (χ2v) is 3.90. The Morgan fingerprint density at radius 3 is 2.69 bits per heavy atom. The molecule has 1 aromatic rings. The van der Waals surface area contributed by atoms with E-state index in [0.29, 0.717) is 12.8 Å². The maximum absolute atomic E-state index is 10.5. The third-order valence-electron chi connectivity index (χ3n) is 2.58. The molecule has 0 aliphatic heterocycles. The number of aliphatic hydroxyl groups is 1. The fourth-order valence-electron chi connectivity index (χ4n) is 1.76. The number of carbonyl (C=O) groups is 1. The van der Waals surface area contributed by atoms with Crippen molar-refractivity contribution in [1.82, 2.24) is 0 Å². The fourth-order valence-corrected chi connectivity index (χ4v) is 1.76. The molecule has 0 spiro atoms. The predicted molar refractivity (Wildman–Crippen MR) is 62.3 cm³/mol. The van der Waals surface area contributed by atoms with Gasteiger partial charge in [0.15, 0.2) is 0 Å². The number of hydrogen-bond acceptors (Lipinski definition) is 2. The number of aryl methyl sites for hydroxylation is 1. The van der Waals surface area contributed by atoms with Crippen molar-refractivity contribution in [3.63, 3.8) is 0 Å². The summed E-state index contributed by atoms with van der Waals surface area (Å²) in [6.45, 7) is 2.02. The van der Waals surface area contributed by atoms with E-state index in [4.69, 9.17) is 5.11 Å². The van der Waals surface area contributed by atoms with E-state index < -0.39 is 12.1 Å². The molecule has 0 heterocycles. The van der Waals surface area contributed by atoms with Crippen molar-refractivity contribution >= 4 is 5.97 Å². The molecule has 16 heavy (non-hydrogen) atoms. The van der Waals surface area contributed by atoms with Crippen molar-refractivity contribution < 1.29 is 15.0 Å². The number of aliphatic hydroxyl groups excluding tert-OH is 1. The summed E-state index contributed by atoms with van der Waals surface area (Å²) in [5.74, 6) is -0.806. The van der Waals surface area contributed by atoms with Crippen LogP contribution in [0.5, 0.6) is 0 Å². The van der Waals surface area contributed by atoms with Crippen LogP contribution >= 0.6 is 0 Å². The first-order valence-electron chi connectivity index (χ1n) is 5.62. The molecule has 0 amide bonds. The molecule has 0 radical (unpaired) electrons. The predicted octanol–water partition coefficient (Wildman–Crippen LogP) is 2.54. The number of aliphatic carboxylic acids is 1. The summed E-state index contributed by atoms with van der Waals surface area (Å²) in [5, 5.41) is 18.6. The minimum absolute atomic E-state index is 0.107. The van der Waals surface area contributed by atoms with E-state index in [2.05, 4.69) is 0 Å². The standard InChI is InChI=1S/C13H18O3/c1-2-5-12(14)11-7-4-3-6-10(11)8-9-13(15)16/h3-4,6-7,12,14H,2,5,8-9H2,1H3,(H,15,16). The summed E-state index contributed by atoms with van der Waals surface area (Å²) in [5.41, 5.74) is 1.80. The van der Waals surface area contributed by atoms with E-state index in [9.17, 15) is 9.90 Å². The molecule has 3 nitrogen and oxygen atoms in total. The third kappa shape index (κ3) is 3.66. The van der Waals surface area contributed by atoms with Crippen LogP contribution in [0.2, 0.25) is 0 Å². The Bertz CT molecular complexity index is 347. The number of carboxylic acids is 1. The minimum Gasteiger partial charge on any atom is -0.481 e. The second kappa shape index (κ2) is 6.28. The van der Waals surface area contributed by atoms with Crippen LogP contribution < -0.4 is 0 Å². The van der Waals surface area contributed by atoms with Gasteiger partial charge in [-0.2, -0.15) is 0 Å². The van der Waals surface area contributed by atoms with Crippen molar-refractivity contribution in [3.8, 4) is 0 Å². The Hall–Kier alpha value is -1.35. The Kier molecular flexibility index (Phi) is 4.99. The Balaban J connectivity index is 2.78. The van der Waals surface area contributed by atoms with Gasteiger partial charge < -0.3 is 10.2 Å². The highest BCUT2D eigenvalue weighted by molar-refractivity contribution is 5.67. The van der Waals surface area contributed by atoms with Crippen molar-refractivity contribution in [3.05, 3.63) is 35.4 Å². The van der Waals surface area contributed by atoms with E-state index in [1.807, 2.05) is 31.2 Å². The van der Waals surface area contributed by atoms with Gasteiger partial charge in [0.25, 0.3) is 0 Å². The van der Waals surface area contributed by atoms with E-state index in [1.165, 1.54) is 0 Å². The van der Waals surface area contributed by atoms with Gasteiger partial charge in [-0.1, -0.05) is 37.6 Å². The lowest BCUT2D eigenvalue weighted by Gasteiger charge is -2.14. The smallest absolute Gasteiger partial charge is 0.303 e. The Morgan fingerprint density at radius 2 is 2.06 bits per heavy atom. The summed E-state index contributed by atoms with van der Waals surface area (Å²) in [4.78, 5) is 10.5. The number of rotatable bonds is 6. The van der Waals surface area contributed by atoms with Gasteiger partial charge in [0.2, 0.25) is 0 Å². The molecule has 88 valence electrons. The lowest BCUT2D eigenvalue weighted by Crippen LogP contribution is -2.04. The van der Waals surface area contributed by atoms with Gasteiger partial charge in [0.1, 0.15) is 0 Å². The molecule has 1 unspecified atom stereocenters. The molecule has 0 aliphatic rings. The number of carboxylic acid groups (broad SMARTS) is 1. The zero-order valence-corrected chi connectivity index (χ0v) is 9.52. The highest BCUT2D eigenvalue weighted by Gasteiger charge is 2.11. The van der Waals surface area contributed by atoms with Crippen LogP contribution in [-0.4, -0.2) is 16.2 Å². The van der Waals surface area contributed by atoms with Crippen LogP contribution in [0, 0.1) is 0 Å². The lowest BCUT2D eigenvalue weighted by atomic mass is 9.96. The van der Waals surface area contributed by atoms with E-state index >= 15 is 0 Å². The monoisotopic (exact) mass is 222 g/mol. The van der Waals surface area contributed by atoms with E-state index in [1.54, 1.807) is 0 Å². The van der Waals surface area contributed by atoms with Gasteiger partial charge in [-0.05, 0) is 24.0 Å². The van der Waals surface area contributed by atoms with Crippen molar-refractivity contribution in [2.75, 3.05) is 0 Å². The van der Waals surface area contributed by atoms with Crippen LogP contribution in [-0.2, 0) is 11.2 Å². The van der Waals surface area contributed by atoms with Gasteiger partial charge in [-0.15, -0.1) is 0 Å². The quantitative estimate of drug-likeness (QED) is 0.777. The molecule has 1 rings (SSSR count). The van der Waals surface area contributed by atoms with Crippen molar-refractivity contribution in [1.29, 1.82) is 0 Å². The number of hydrogen-bond donors (Lipinski definition) is 2. The summed E-state index contributed by atoms with van der Waals surface area (Å²) >= 11 is 0. The SMILES string of the molecule is CCCC(O)c1ccccc1CCC(=O)O. The maximum atomic E-state index is 10.5. The molecule has 0 fully saturated rings. The first kappa shape index (κ1) is 12.7. The fraction of sp³-hybridized carbons (Fsp3) is 0.462. The summed E-state index contributed by atoms with van der Waals surface area (Å²) < 4.78 is 0. The Labute approximate surface area is 95.7 Å². The zero-order valence-electron chi connectivity index (χ0n) is 9.52. The van der Waals surface area contributed by atoms with Crippen LogP contribution in [0.1, 0.15) is 43.4 Å². The van der Waals surface area contributed by atoms with Gasteiger partial charge in [-0.25, -0.2) is 0 Å². The average molecular weight is 222 g/mol. The van der Waals surface area contributed by atoms with Gasteiger partial charge in [0.05, 0.1) is 6.10 Å². The summed E-state index contributed by atoms with van der Waals surface area (Å²) in [6, 6.07) is 7.51. The van der Waals surface area contributed by atoms with Crippen LogP contribution in [0.25, 0.3) is 0 Å². The largest absolute Gasteiger partial charge is 0.481 e. The molecule has 1 atom stereocenters. The highest BCUT2D eigenvalue weighted by Crippen LogP contribution is 2.23. The van der Waals surface area contributed by atoms with Crippen molar-refractivity contribution in [2.45, 2.75) is 38.7 Å². The van der Waals surface area contributed by atoms with E-state index in [0.717, 1.165) is 17.5 Å². The van der Waals surface area contributed by atoms with Crippen molar-refractivity contribution in [2.24, 2.45) is 0 Å².